The SMILES string of the molecule is C[C@H](NCc1cc(C(=O)O)no1)c1cccc(F)c1. The van der Waals surface area contributed by atoms with Crippen LogP contribution in [0.5, 0.6) is 0 Å². The molecule has 1 aromatic heterocycles. The van der Waals surface area contributed by atoms with Crippen molar-refractivity contribution in [2.24, 2.45) is 0 Å². The van der Waals surface area contributed by atoms with Crippen molar-refractivity contribution in [1.29, 1.82) is 0 Å². The van der Waals surface area contributed by atoms with Gasteiger partial charge in [0.15, 0.2) is 11.5 Å². The van der Waals surface area contributed by atoms with Gasteiger partial charge < -0.3 is 14.9 Å². The van der Waals surface area contributed by atoms with Gasteiger partial charge in [0.05, 0.1) is 6.54 Å². The molecule has 5 nitrogen and oxygen atoms in total. The molecule has 0 amide bonds. The number of nitrogens with zero attached hydrogens (tertiary/aromatic N) is 1. The van der Waals surface area contributed by atoms with Gasteiger partial charge in [-0.05, 0) is 24.6 Å². The molecule has 0 radical (unpaired) electrons. The summed E-state index contributed by atoms with van der Waals surface area (Å²) in [5, 5.41) is 15.2. The predicted octanol–water partition coefficient (Wildman–Crippen LogP) is 2.36. The van der Waals surface area contributed by atoms with Gasteiger partial charge in [-0.1, -0.05) is 17.3 Å². The molecule has 0 aliphatic heterocycles. The Kier molecular flexibility index (Phi) is 3.91. The van der Waals surface area contributed by atoms with Gasteiger partial charge in [-0.25, -0.2) is 9.18 Å². The third kappa shape index (κ3) is 3.38. The summed E-state index contributed by atoms with van der Waals surface area (Å²) in [6.07, 6.45) is 0. The molecule has 0 saturated heterocycles. The lowest BCUT2D eigenvalue weighted by Crippen LogP contribution is -2.17. The van der Waals surface area contributed by atoms with Gasteiger partial charge in [0.25, 0.3) is 0 Å². The topological polar surface area (TPSA) is 75.4 Å². The molecule has 0 unspecified atom stereocenters. The minimum atomic E-state index is -1.13. The number of carboxylic acids is 1. The number of aromatic carboxylic acids is 1. The van der Waals surface area contributed by atoms with Gasteiger partial charge in [0.1, 0.15) is 5.82 Å². The van der Waals surface area contributed by atoms with E-state index in [0.29, 0.717) is 12.3 Å². The van der Waals surface area contributed by atoms with Crippen LogP contribution in [0.15, 0.2) is 34.9 Å². The van der Waals surface area contributed by atoms with Gasteiger partial charge >= 0.3 is 5.97 Å². The first-order chi connectivity index (χ1) is 9.06. The summed E-state index contributed by atoms with van der Waals surface area (Å²) in [7, 11) is 0. The largest absolute Gasteiger partial charge is 0.476 e. The lowest BCUT2D eigenvalue weighted by Gasteiger charge is -2.12. The lowest BCUT2D eigenvalue weighted by atomic mass is 10.1. The van der Waals surface area contributed by atoms with Crippen LogP contribution in [0.3, 0.4) is 0 Å². The number of hydrogen-bond donors (Lipinski definition) is 2. The average molecular weight is 264 g/mol. The van der Waals surface area contributed by atoms with Crippen LogP contribution in [-0.2, 0) is 6.54 Å². The number of aromatic nitrogens is 1. The number of benzene rings is 1. The maximum Gasteiger partial charge on any atom is 0.358 e. The minimum Gasteiger partial charge on any atom is -0.476 e. The van der Waals surface area contributed by atoms with Crippen molar-refractivity contribution in [3.63, 3.8) is 0 Å². The normalized spacial score (nSPS) is 12.3. The quantitative estimate of drug-likeness (QED) is 0.867. The molecule has 0 fully saturated rings. The van der Waals surface area contributed by atoms with Crippen LogP contribution in [0.4, 0.5) is 4.39 Å². The van der Waals surface area contributed by atoms with Gasteiger partial charge in [0.2, 0.25) is 0 Å². The summed E-state index contributed by atoms with van der Waals surface area (Å²) < 4.78 is 17.9. The molecule has 0 bridgehead atoms. The zero-order valence-corrected chi connectivity index (χ0v) is 10.3. The van der Waals surface area contributed by atoms with Crippen molar-refractivity contribution in [2.45, 2.75) is 19.5 Å². The van der Waals surface area contributed by atoms with Crippen molar-refractivity contribution in [2.75, 3.05) is 0 Å². The number of hydrogen-bond acceptors (Lipinski definition) is 4. The Hall–Kier alpha value is -2.21. The Morgan fingerprint density at radius 3 is 2.95 bits per heavy atom. The van der Waals surface area contributed by atoms with Crippen LogP contribution in [0.1, 0.15) is 34.8 Å². The Bertz CT molecular complexity index is 583. The molecular formula is C13H13FN2O3. The molecule has 0 spiro atoms. The third-order valence-electron chi connectivity index (χ3n) is 2.71. The second-order valence-electron chi connectivity index (χ2n) is 4.14. The highest BCUT2D eigenvalue weighted by Crippen LogP contribution is 2.14. The first kappa shape index (κ1) is 13.2. The van der Waals surface area contributed by atoms with E-state index in [0.717, 1.165) is 5.56 Å². The standard InChI is InChI=1S/C13H13FN2O3/c1-8(9-3-2-4-10(14)5-9)15-7-11-6-12(13(17)18)16-19-11/h2-6,8,15H,7H2,1H3,(H,17,18)/t8-/m0/s1. The number of halogens is 1. The van der Waals surface area contributed by atoms with E-state index in [1.807, 2.05) is 13.0 Å². The van der Waals surface area contributed by atoms with Gasteiger partial charge in [-0.15, -0.1) is 0 Å². The second kappa shape index (κ2) is 5.62. The van der Waals surface area contributed by atoms with E-state index >= 15 is 0 Å². The molecule has 1 heterocycles. The molecule has 2 rings (SSSR count). The maximum absolute atomic E-state index is 13.1. The molecular weight excluding hydrogens is 251 g/mol. The Balaban J connectivity index is 1.96. The number of carboxylic acid groups (broad SMARTS) is 1. The van der Waals surface area contributed by atoms with E-state index in [9.17, 15) is 9.18 Å². The highest BCUT2D eigenvalue weighted by molar-refractivity contribution is 5.85. The number of nitrogens with one attached hydrogen (secondary N) is 1. The Labute approximate surface area is 109 Å². The lowest BCUT2D eigenvalue weighted by molar-refractivity contribution is 0.0685. The van der Waals surface area contributed by atoms with Gasteiger partial charge in [0, 0.05) is 12.1 Å². The minimum absolute atomic E-state index is 0.0888. The van der Waals surface area contributed by atoms with Crippen molar-refractivity contribution in [3.05, 3.63) is 53.2 Å². The first-order valence-electron chi connectivity index (χ1n) is 5.74. The molecule has 0 saturated carbocycles. The van der Waals surface area contributed by atoms with E-state index in [-0.39, 0.29) is 17.6 Å². The summed E-state index contributed by atoms with van der Waals surface area (Å²) in [6.45, 7) is 2.20. The van der Waals surface area contributed by atoms with Crippen LogP contribution in [0.25, 0.3) is 0 Å². The third-order valence-corrected chi connectivity index (χ3v) is 2.71. The molecule has 100 valence electrons. The van der Waals surface area contributed by atoms with Crippen LogP contribution >= 0.6 is 0 Å². The molecule has 0 aliphatic carbocycles. The van der Waals surface area contributed by atoms with Crippen molar-refractivity contribution in [1.82, 2.24) is 10.5 Å². The molecule has 1 atom stereocenters. The zero-order chi connectivity index (χ0) is 13.8. The smallest absolute Gasteiger partial charge is 0.358 e. The molecule has 6 heteroatoms. The zero-order valence-electron chi connectivity index (χ0n) is 10.3. The van der Waals surface area contributed by atoms with E-state index in [2.05, 4.69) is 10.5 Å². The van der Waals surface area contributed by atoms with Crippen molar-refractivity contribution >= 4 is 5.97 Å². The molecule has 19 heavy (non-hydrogen) atoms. The van der Waals surface area contributed by atoms with E-state index < -0.39 is 5.97 Å². The molecule has 2 aromatic rings. The van der Waals surface area contributed by atoms with E-state index in [4.69, 9.17) is 9.63 Å². The van der Waals surface area contributed by atoms with Crippen molar-refractivity contribution in [3.8, 4) is 0 Å². The highest BCUT2D eigenvalue weighted by atomic mass is 19.1. The van der Waals surface area contributed by atoms with Crippen LogP contribution in [-0.4, -0.2) is 16.2 Å². The summed E-state index contributed by atoms with van der Waals surface area (Å²) in [5.41, 5.74) is 0.674. The second-order valence-corrected chi connectivity index (χ2v) is 4.14. The fourth-order valence-corrected chi connectivity index (χ4v) is 1.64. The Morgan fingerprint density at radius 1 is 1.53 bits per heavy atom. The number of carbonyl (C=O) groups is 1. The molecule has 0 aliphatic rings. The monoisotopic (exact) mass is 264 g/mol. The van der Waals surface area contributed by atoms with E-state index in [1.54, 1.807) is 6.07 Å². The van der Waals surface area contributed by atoms with E-state index in [1.165, 1.54) is 18.2 Å². The molecule has 2 N–H and O–H groups in total. The van der Waals surface area contributed by atoms with Gasteiger partial charge in [-0.2, -0.15) is 0 Å². The van der Waals surface area contributed by atoms with Crippen LogP contribution in [0.2, 0.25) is 0 Å². The van der Waals surface area contributed by atoms with Crippen molar-refractivity contribution < 1.29 is 18.8 Å². The first-order valence-corrected chi connectivity index (χ1v) is 5.74. The summed E-state index contributed by atoms with van der Waals surface area (Å²) in [4.78, 5) is 10.6. The maximum atomic E-state index is 13.1. The fourth-order valence-electron chi connectivity index (χ4n) is 1.64. The number of rotatable bonds is 5. The summed E-state index contributed by atoms with van der Waals surface area (Å²) in [5.74, 6) is -1.01. The van der Waals surface area contributed by atoms with Crippen LogP contribution < -0.4 is 5.32 Å². The average Bonchev–Trinajstić information content (AvgIpc) is 2.85. The predicted molar refractivity (Wildman–Crippen MR) is 65.1 cm³/mol. The van der Waals surface area contributed by atoms with Crippen LogP contribution in [0, 0.1) is 5.82 Å². The molecule has 1 aromatic carbocycles. The Morgan fingerprint density at radius 2 is 2.32 bits per heavy atom. The van der Waals surface area contributed by atoms with Gasteiger partial charge in [-0.3, -0.25) is 0 Å². The highest BCUT2D eigenvalue weighted by Gasteiger charge is 2.12. The summed E-state index contributed by atoms with van der Waals surface area (Å²) >= 11 is 0. The fraction of sp³-hybridized carbons (Fsp3) is 0.231. The summed E-state index contributed by atoms with van der Waals surface area (Å²) in [6, 6.07) is 7.54.